The Hall–Kier alpha value is -2.15. The van der Waals surface area contributed by atoms with Gasteiger partial charge in [-0.15, -0.1) is 0 Å². The van der Waals surface area contributed by atoms with Gasteiger partial charge in [0.15, 0.2) is 0 Å². The van der Waals surface area contributed by atoms with Crippen LogP contribution in [0.5, 0.6) is 0 Å². The fourth-order valence-corrected chi connectivity index (χ4v) is 2.85. The van der Waals surface area contributed by atoms with E-state index in [1.165, 1.54) is 7.11 Å². The maximum atomic E-state index is 13.4. The maximum Gasteiger partial charge on any atom is 0.408 e. The van der Waals surface area contributed by atoms with Crippen molar-refractivity contribution in [2.24, 2.45) is 5.92 Å². The molecule has 0 aromatic heterocycles. The summed E-state index contributed by atoms with van der Waals surface area (Å²) in [4.78, 5) is 23.7. The van der Waals surface area contributed by atoms with E-state index in [4.69, 9.17) is 4.74 Å². The lowest BCUT2D eigenvalue weighted by atomic mass is 9.98. The van der Waals surface area contributed by atoms with Gasteiger partial charge in [0, 0.05) is 0 Å². The Balaban J connectivity index is 1.86. The van der Waals surface area contributed by atoms with Gasteiger partial charge in [0.2, 0.25) is 0 Å². The lowest BCUT2D eigenvalue weighted by Gasteiger charge is -2.19. The van der Waals surface area contributed by atoms with Crippen molar-refractivity contribution in [2.75, 3.05) is 7.11 Å². The van der Waals surface area contributed by atoms with Crippen LogP contribution in [0, 0.1) is 5.92 Å². The van der Waals surface area contributed by atoms with Crippen LogP contribution in [0.25, 0.3) is 0 Å². The Morgan fingerprint density at radius 3 is 2.62 bits per heavy atom. The third-order valence-corrected chi connectivity index (χ3v) is 4.11. The number of hydrogen-bond donors (Lipinski definition) is 2. The first-order chi connectivity index (χ1) is 11.5. The average molecular weight is 339 g/mol. The molecule has 0 radical (unpaired) electrons. The number of rotatable bonds is 6. The van der Waals surface area contributed by atoms with Crippen molar-refractivity contribution in [1.29, 1.82) is 0 Å². The molecule has 1 aliphatic carbocycles. The topological polar surface area (TPSA) is 84.9 Å². The summed E-state index contributed by atoms with van der Waals surface area (Å²) in [6.45, 7) is 0.0786. The molecule has 0 aliphatic heterocycles. The third-order valence-electron chi connectivity index (χ3n) is 4.11. The van der Waals surface area contributed by atoms with Gasteiger partial charge in [-0.3, -0.25) is 0 Å². The summed E-state index contributed by atoms with van der Waals surface area (Å²) in [7, 11) is 1.22. The normalized spacial score (nSPS) is 24.2. The van der Waals surface area contributed by atoms with Crippen LogP contribution in [-0.2, 0) is 20.9 Å². The largest absolute Gasteiger partial charge is 0.467 e. The van der Waals surface area contributed by atoms with Crippen LogP contribution in [0.2, 0.25) is 0 Å². The number of nitrogens with one attached hydrogen (secondary N) is 1. The van der Waals surface area contributed by atoms with Gasteiger partial charge < -0.3 is 19.9 Å². The van der Waals surface area contributed by atoms with Gasteiger partial charge in [-0.25, -0.2) is 14.0 Å². The number of halogens is 1. The zero-order valence-corrected chi connectivity index (χ0v) is 13.5. The second-order valence-corrected chi connectivity index (χ2v) is 5.94. The van der Waals surface area contributed by atoms with Crippen LogP contribution in [0.4, 0.5) is 9.18 Å². The minimum absolute atomic E-state index is 0.0786. The predicted molar refractivity (Wildman–Crippen MR) is 83.8 cm³/mol. The summed E-state index contributed by atoms with van der Waals surface area (Å²) in [6.07, 6.45) is -2.43. The lowest BCUT2D eigenvalue weighted by molar-refractivity contribution is -0.143. The monoisotopic (exact) mass is 339 g/mol. The number of ether oxygens (including phenoxy) is 2. The molecule has 1 aromatic carbocycles. The van der Waals surface area contributed by atoms with Crippen molar-refractivity contribution in [1.82, 2.24) is 5.32 Å². The molecule has 24 heavy (non-hydrogen) atoms. The molecular weight excluding hydrogens is 317 g/mol. The number of benzene rings is 1. The fraction of sp³-hybridized carbons (Fsp3) is 0.529. The molecule has 1 aliphatic rings. The lowest BCUT2D eigenvalue weighted by Crippen LogP contribution is -2.42. The number of amides is 1. The first-order valence-electron chi connectivity index (χ1n) is 7.86. The first kappa shape index (κ1) is 18.2. The molecule has 2 rings (SSSR count). The first-order valence-corrected chi connectivity index (χ1v) is 7.86. The summed E-state index contributed by atoms with van der Waals surface area (Å²) >= 11 is 0. The van der Waals surface area contributed by atoms with E-state index in [1.54, 1.807) is 0 Å². The molecule has 6 nitrogen and oxygen atoms in total. The molecule has 1 saturated carbocycles. The highest BCUT2D eigenvalue weighted by atomic mass is 19.1. The van der Waals surface area contributed by atoms with Crippen molar-refractivity contribution in [2.45, 2.75) is 44.2 Å². The van der Waals surface area contributed by atoms with Gasteiger partial charge in [-0.1, -0.05) is 30.3 Å². The van der Waals surface area contributed by atoms with E-state index in [0.29, 0.717) is 0 Å². The second-order valence-electron chi connectivity index (χ2n) is 5.94. The highest BCUT2D eigenvalue weighted by Crippen LogP contribution is 2.31. The molecule has 0 unspecified atom stereocenters. The SMILES string of the molecule is COC(=O)[C@H](C[C@@H]1C[C@H](O)[C@@H](F)C1)NC(=O)OCc1ccccc1. The van der Waals surface area contributed by atoms with Gasteiger partial charge in [0.05, 0.1) is 13.2 Å². The van der Waals surface area contributed by atoms with Crippen LogP contribution < -0.4 is 5.32 Å². The Morgan fingerprint density at radius 2 is 2.04 bits per heavy atom. The number of aliphatic hydroxyl groups excluding tert-OH is 1. The van der Waals surface area contributed by atoms with Crippen molar-refractivity contribution in [3.05, 3.63) is 35.9 Å². The average Bonchev–Trinajstić information content (AvgIpc) is 2.90. The molecule has 4 atom stereocenters. The van der Waals surface area contributed by atoms with Gasteiger partial charge in [0.25, 0.3) is 0 Å². The summed E-state index contributed by atoms with van der Waals surface area (Å²) in [6, 6.07) is 8.20. The van der Waals surface area contributed by atoms with E-state index in [9.17, 15) is 19.1 Å². The molecule has 0 heterocycles. The van der Waals surface area contributed by atoms with Gasteiger partial charge in [-0.2, -0.15) is 0 Å². The Kier molecular flexibility index (Phi) is 6.54. The van der Waals surface area contributed by atoms with Crippen LogP contribution in [-0.4, -0.2) is 42.6 Å². The van der Waals surface area contributed by atoms with E-state index in [2.05, 4.69) is 10.1 Å². The second kappa shape index (κ2) is 8.63. The molecule has 0 spiro atoms. The summed E-state index contributed by atoms with van der Waals surface area (Å²) in [5.41, 5.74) is 0.821. The molecule has 0 bridgehead atoms. The number of esters is 1. The highest BCUT2D eigenvalue weighted by molar-refractivity contribution is 5.81. The summed E-state index contributed by atoms with van der Waals surface area (Å²) in [5, 5.41) is 11.9. The summed E-state index contributed by atoms with van der Waals surface area (Å²) < 4.78 is 23.1. The zero-order chi connectivity index (χ0) is 17.5. The number of alkyl carbamates (subject to hydrolysis) is 1. The van der Waals surface area contributed by atoms with E-state index in [1.807, 2.05) is 30.3 Å². The number of carbonyl (C=O) groups excluding carboxylic acids is 2. The minimum atomic E-state index is -1.29. The van der Waals surface area contributed by atoms with E-state index < -0.39 is 30.4 Å². The smallest absolute Gasteiger partial charge is 0.408 e. The van der Waals surface area contributed by atoms with Gasteiger partial charge in [0.1, 0.15) is 18.8 Å². The molecule has 1 fully saturated rings. The molecular formula is C17H22FNO5. The molecule has 1 amide bonds. The Morgan fingerprint density at radius 1 is 1.33 bits per heavy atom. The van der Waals surface area contributed by atoms with E-state index >= 15 is 0 Å². The van der Waals surface area contributed by atoms with Crippen molar-refractivity contribution >= 4 is 12.1 Å². The Bertz CT molecular complexity index is 543. The quantitative estimate of drug-likeness (QED) is 0.774. The molecule has 132 valence electrons. The number of carbonyl (C=O) groups is 2. The van der Waals surface area contributed by atoms with Crippen LogP contribution >= 0.6 is 0 Å². The highest BCUT2D eigenvalue weighted by Gasteiger charge is 2.36. The Labute approximate surface area is 139 Å². The van der Waals surface area contributed by atoms with Crippen LogP contribution in [0.1, 0.15) is 24.8 Å². The predicted octanol–water partition coefficient (Wildman–Crippen LogP) is 1.95. The van der Waals surface area contributed by atoms with Crippen molar-refractivity contribution < 1.29 is 28.6 Å². The van der Waals surface area contributed by atoms with Gasteiger partial charge in [-0.05, 0) is 30.7 Å². The van der Waals surface area contributed by atoms with Crippen LogP contribution in [0.15, 0.2) is 30.3 Å². The zero-order valence-electron chi connectivity index (χ0n) is 13.5. The summed E-state index contributed by atoms with van der Waals surface area (Å²) in [5.74, 6) is -0.822. The molecule has 2 N–H and O–H groups in total. The molecule has 0 saturated heterocycles. The standard InChI is InChI=1S/C17H22FNO5/c1-23-16(21)14(8-12-7-13(18)15(20)9-12)19-17(22)24-10-11-5-3-2-4-6-11/h2-6,12-15,20H,7-10H2,1H3,(H,19,22)/t12-,13+,14+,15+/m1/s1. The van der Waals surface area contributed by atoms with E-state index in [-0.39, 0.29) is 31.8 Å². The van der Waals surface area contributed by atoms with E-state index in [0.717, 1.165) is 5.56 Å². The number of methoxy groups -OCH3 is 1. The maximum absolute atomic E-state index is 13.4. The fourth-order valence-electron chi connectivity index (χ4n) is 2.85. The number of alkyl halides is 1. The minimum Gasteiger partial charge on any atom is -0.467 e. The van der Waals surface area contributed by atoms with Gasteiger partial charge >= 0.3 is 12.1 Å². The van der Waals surface area contributed by atoms with Crippen LogP contribution in [0.3, 0.4) is 0 Å². The third kappa shape index (κ3) is 5.19. The molecule has 1 aromatic rings. The molecule has 7 heteroatoms. The number of aliphatic hydroxyl groups is 1. The van der Waals surface area contributed by atoms with Crippen molar-refractivity contribution in [3.63, 3.8) is 0 Å². The number of hydrogen-bond acceptors (Lipinski definition) is 5. The van der Waals surface area contributed by atoms with Crippen molar-refractivity contribution in [3.8, 4) is 0 Å².